The zero-order valence-electron chi connectivity index (χ0n) is 16.7. The Hall–Kier alpha value is -1.27. The fraction of sp³-hybridized carbons (Fsp3) is 0.0526. The van der Waals surface area contributed by atoms with Crippen LogP contribution in [-0.2, 0) is 0 Å². The van der Waals surface area contributed by atoms with Crippen LogP contribution in [0.4, 0.5) is 11.4 Å². The molecule has 0 heterocycles. The number of terminal acetylenes is 1. The van der Waals surface area contributed by atoms with E-state index in [1.807, 2.05) is 0 Å². The second-order valence-corrected chi connectivity index (χ2v) is 7.83. The van der Waals surface area contributed by atoms with Crippen molar-refractivity contribution in [1.29, 1.82) is 0 Å². The summed E-state index contributed by atoms with van der Waals surface area (Å²) in [5, 5.41) is 0.449. The lowest BCUT2D eigenvalue weighted by atomic mass is 9.61. The lowest BCUT2D eigenvalue weighted by molar-refractivity contribution is 1.09. The molecule has 0 aliphatic carbocycles. The first kappa shape index (κ1) is 27.0. The van der Waals surface area contributed by atoms with Gasteiger partial charge >= 0.3 is 0 Å². The maximum atomic E-state index is 6.24. The molecule has 0 unspecified atom stereocenters. The number of allylic oxidation sites excluding steroid dienone is 3. The van der Waals surface area contributed by atoms with Gasteiger partial charge in [-0.15, -0.1) is 39.2 Å². The average Bonchev–Trinajstić information content (AvgIpc) is 2.77. The summed E-state index contributed by atoms with van der Waals surface area (Å²) in [4.78, 5) is 1.52. The first-order chi connectivity index (χ1) is 14.8. The Bertz CT molecular complexity index is 1150. The van der Waals surface area contributed by atoms with Crippen LogP contribution in [-0.4, -0.2) is 77.2 Å². The van der Waals surface area contributed by atoms with Gasteiger partial charge in [-0.05, 0) is 12.1 Å². The molecule has 0 amide bonds. The van der Waals surface area contributed by atoms with Gasteiger partial charge in [-0.25, -0.2) is 0 Å². The fourth-order valence-corrected chi connectivity index (χ4v) is 3.36. The van der Waals surface area contributed by atoms with Crippen molar-refractivity contribution in [3.63, 3.8) is 0 Å². The van der Waals surface area contributed by atoms with Gasteiger partial charge < -0.3 is 4.90 Å². The molecule has 0 saturated heterocycles. The summed E-state index contributed by atoms with van der Waals surface area (Å²) >= 11 is 18.5. The molecule has 0 bridgehead atoms. The highest BCUT2D eigenvalue weighted by molar-refractivity contribution is 6.69. The minimum Gasteiger partial charge on any atom is -0.339 e. The van der Waals surface area contributed by atoms with Gasteiger partial charge in [0.25, 0.3) is 0 Å². The first-order valence-electron chi connectivity index (χ1n) is 8.73. The topological polar surface area (TPSA) is 3.24 Å². The van der Waals surface area contributed by atoms with Crippen LogP contribution >= 0.6 is 34.8 Å². The van der Waals surface area contributed by atoms with Gasteiger partial charge in [0.05, 0.1) is 15.1 Å². The predicted molar refractivity (Wildman–Crippen MR) is 148 cm³/mol. The monoisotopic (exact) mass is 451 g/mol. The third kappa shape index (κ3) is 5.27. The van der Waals surface area contributed by atoms with Crippen LogP contribution in [0.25, 0.3) is 0 Å². The second-order valence-electron chi connectivity index (χ2n) is 6.64. The molecule has 0 saturated carbocycles. The molecule has 0 fully saturated rings. The van der Waals surface area contributed by atoms with Crippen LogP contribution in [0.1, 0.15) is 0 Å². The second kappa shape index (κ2) is 10.8. The number of hydrogen-bond acceptors (Lipinski definition) is 1. The van der Waals surface area contributed by atoms with Crippen molar-refractivity contribution in [1.82, 2.24) is 0 Å². The Balaban J connectivity index is 2.84. The highest BCUT2D eigenvalue weighted by Crippen LogP contribution is 2.36. The fourth-order valence-electron chi connectivity index (χ4n) is 2.78. The molecule has 32 heavy (non-hydrogen) atoms. The highest BCUT2D eigenvalue weighted by Gasteiger charge is 2.20. The molecular formula is C19H5B9Cl3N. The van der Waals surface area contributed by atoms with Gasteiger partial charge in [-0.1, -0.05) is 57.1 Å². The van der Waals surface area contributed by atoms with Crippen LogP contribution in [0, 0.1) is 12.3 Å². The molecule has 2 rings (SSSR count). The summed E-state index contributed by atoms with van der Waals surface area (Å²) in [7, 11) is 54.2. The normalized spacial score (nSPS) is 12.6. The predicted octanol–water partition coefficient (Wildman–Crippen LogP) is -1.52. The van der Waals surface area contributed by atoms with E-state index in [0.717, 1.165) is 0 Å². The Morgan fingerprint density at radius 1 is 0.781 bits per heavy atom. The Kier molecular flexibility index (Phi) is 9.09. The summed E-state index contributed by atoms with van der Waals surface area (Å²) < 4.78 is 0. The average molecular weight is 451 g/mol. The standard InChI is InChI=1S/C19H5B9Cl3N/c1-2-7(20)11(22)12(23)8(21)5-32(6-3-9(29)18(31)10(30)4-6)19-16(27)14(25)13(24)15(26)17(19)28/h1,3-4H,5H2/b11-7-,12-8-. The number of nitrogens with zero attached hydrogens (tertiary/aromatic N) is 1. The Labute approximate surface area is 216 Å². The zero-order valence-corrected chi connectivity index (χ0v) is 19.0. The van der Waals surface area contributed by atoms with E-state index in [2.05, 4.69) is 5.92 Å². The van der Waals surface area contributed by atoms with Crippen LogP contribution < -0.4 is 32.2 Å². The maximum Gasteiger partial charge on any atom is 0.125 e. The quantitative estimate of drug-likeness (QED) is 0.232. The van der Waals surface area contributed by atoms with E-state index in [1.54, 1.807) is 0 Å². The number of anilines is 2. The smallest absolute Gasteiger partial charge is 0.125 e. The lowest BCUT2D eigenvalue weighted by Crippen LogP contribution is -2.56. The largest absolute Gasteiger partial charge is 0.339 e. The third-order valence-corrected chi connectivity index (χ3v) is 5.83. The molecule has 0 aliphatic heterocycles. The van der Waals surface area contributed by atoms with Gasteiger partial charge in [-0.3, -0.25) is 0 Å². The molecule has 1 nitrogen and oxygen atoms in total. The van der Waals surface area contributed by atoms with Crippen LogP contribution in [0.2, 0.25) is 15.1 Å². The summed E-state index contributed by atoms with van der Waals surface area (Å²) in [5.41, 5.74) is 0.576. The summed E-state index contributed by atoms with van der Waals surface area (Å²) in [6, 6.07) is 3.02. The third-order valence-electron chi connectivity index (χ3n) is 4.63. The molecule has 18 radical (unpaired) electrons. The molecule has 0 aliphatic rings. The molecule has 13 heteroatoms. The molecule has 0 atom stereocenters. The van der Waals surface area contributed by atoms with Crippen molar-refractivity contribution < 1.29 is 0 Å². The molecule has 134 valence electrons. The van der Waals surface area contributed by atoms with Crippen molar-refractivity contribution in [3.05, 3.63) is 49.1 Å². The molecule has 0 aromatic heterocycles. The van der Waals surface area contributed by atoms with Gasteiger partial charge in [0.15, 0.2) is 0 Å². The SMILES string of the molecule is [B]/C(C#C)=C([B])/C([B])=C(/[B])CN(c1cc(Cl)c(Cl)c(Cl)c1)c1c([B])c([B])c([B])c([B])c1[B]. The van der Waals surface area contributed by atoms with E-state index in [9.17, 15) is 0 Å². The highest BCUT2D eigenvalue weighted by atomic mass is 35.5. The zero-order chi connectivity index (χ0) is 24.5. The number of benzene rings is 2. The van der Waals surface area contributed by atoms with E-state index in [0.29, 0.717) is 5.69 Å². The minimum atomic E-state index is -0.129. The lowest BCUT2D eigenvalue weighted by Gasteiger charge is -2.34. The Morgan fingerprint density at radius 3 is 1.66 bits per heavy atom. The molecule has 2 aromatic carbocycles. The van der Waals surface area contributed by atoms with E-state index in [-0.39, 0.29) is 76.5 Å². The molecular weight excluding hydrogens is 446 g/mol. The maximum absolute atomic E-state index is 6.24. The van der Waals surface area contributed by atoms with E-state index < -0.39 is 0 Å². The number of halogens is 3. The van der Waals surface area contributed by atoms with E-state index in [1.165, 1.54) is 17.0 Å². The van der Waals surface area contributed by atoms with Crippen molar-refractivity contribution in [2.45, 2.75) is 0 Å². The first-order valence-corrected chi connectivity index (χ1v) is 9.86. The van der Waals surface area contributed by atoms with Gasteiger partial charge in [0.2, 0.25) is 0 Å². The molecule has 2 aromatic rings. The van der Waals surface area contributed by atoms with Crippen molar-refractivity contribution >= 4 is 144 Å². The molecule has 0 N–H and O–H groups in total. The Morgan fingerprint density at radius 2 is 1.22 bits per heavy atom. The number of rotatable bonds is 5. The van der Waals surface area contributed by atoms with Crippen LogP contribution in [0.15, 0.2) is 34.0 Å². The van der Waals surface area contributed by atoms with E-state index >= 15 is 0 Å². The van der Waals surface area contributed by atoms with Crippen molar-refractivity contribution in [2.75, 3.05) is 11.4 Å². The summed E-state index contributed by atoms with van der Waals surface area (Å²) in [5.74, 6) is 2.19. The van der Waals surface area contributed by atoms with E-state index in [4.69, 9.17) is 112 Å². The minimum absolute atomic E-state index is 0.0226. The van der Waals surface area contributed by atoms with Crippen molar-refractivity contribution in [2.24, 2.45) is 0 Å². The van der Waals surface area contributed by atoms with Gasteiger partial charge in [0, 0.05) is 17.9 Å². The number of hydrogen-bond donors (Lipinski definition) is 0. The summed E-state index contributed by atoms with van der Waals surface area (Å²) in [6.07, 6.45) is 5.27. The van der Waals surface area contributed by atoms with Crippen molar-refractivity contribution in [3.8, 4) is 12.3 Å². The van der Waals surface area contributed by atoms with Gasteiger partial charge in [0.1, 0.15) is 70.6 Å². The summed E-state index contributed by atoms with van der Waals surface area (Å²) in [6.45, 7) is -0.129. The molecule has 0 spiro atoms. The van der Waals surface area contributed by atoms with Crippen LogP contribution in [0.3, 0.4) is 0 Å². The van der Waals surface area contributed by atoms with Gasteiger partial charge in [-0.2, -0.15) is 0 Å². The van der Waals surface area contributed by atoms with Crippen LogP contribution in [0.5, 0.6) is 0 Å².